The Kier molecular flexibility index (Phi) is 5.58. The minimum atomic E-state index is -0.767. The summed E-state index contributed by atoms with van der Waals surface area (Å²) in [7, 11) is 0. The van der Waals surface area contributed by atoms with E-state index in [1.807, 2.05) is 30.5 Å². The number of carboxylic acid groups (broad SMARTS) is 1. The second kappa shape index (κ2) is 7.64. The molecule has 1 aromatic carbocycles. The first-order valence-corrected chi connectivity index (χ1v) is 7.71. The van der Waals surface area contributed by atoms with Crippen molar-refractivity contribution < 1.29 is 14.7 Å². The van der Waals surface area contributed by atoms with Crippen LogP contribution in [-0.2, 0) is 11.3 Å². The van der Waals surface area contributed by atoms with Gasteiger partial charge in [-0.15, -0.1) is 0 Å². The fourth-order valence-electron chi connectivity index (χ4n) is 2.56. The lowest BCUT2D eigenvalue weighted by Crippen LogP contribution is -2.24. The predicted octanol–water partition coefficient (Wildman–Crippen LogP) is 3.04. The number of aryl methyl sites for hydroxylation is 1. The van der Waals surface area contributed by atoms with E-state index in [-0.39, 0.29) is 12.3 Å². The lowest BCUT2D eigenvalue weighted by molar-refractivity contribution is -0.137. The number of carboxylic acids is 1. The Morgan fingerprint density at radius 1 is 1.18 bits per heavy atom. The van der Waals surface area contributed by atoms with Gasteiger partial charge in [0.1, 0.15) is 0 Å². The van der Waals surface area contributed by atoms with Gasteiger partial charge >= 0.3 is 5.97 Å². The molecular weight excluding hydrogens is 280 g/mol. The third kappa shape index (κ3) is 3.87. The number of nitrogens with one attached hydrogen (secondary N) is 1. The number of unbranched alkanes of at least 4 members (excludes halogenated alkanes) is 2. The molecule has 0 aliphatic heterocycles. The summed E-state index contributed by atoms with van der Waals surface area (Å²) in [6, 6.07) is 7.88. The Labute approximate surface area is 129 Å². The van der Waals surface area contributed by atoms with Crippen LogP contribution in [0.3, 0.4) is 0 Å². The predicted molar refractivity (Wildman–Crippen MR) is 86.0 cm³/mol. The monoisotopic (exact) mass is 302 g/mol. The molecule has 0 spiro atoms. The smallest absolute Gasteiger partial charge is 0.303 e. The van der Waals surface area contributed by atoms with Gasteiger partial charge in [-0.1, -0.05) is 24.6 Å². The number of amides is 1. The molecule has 2 N–H and O–H groups in total. The van der Waals surface area contributed by atoms with Crippen LogP contribution in [0, 0.1) is 0 Å². The minimum absolute atomic E-state index is 0.0679. The molecular formula is C17H22N2O3. The van der Waals surface area contributed by atoms with Crippen LogP contribution in [0.2, 0.25) is 0 Å². The number of nitrogens with zero attached hydrogens (tertiary/aromatic N) is 1. The maximum atomic E-state index is 12.3. The van der Waals surface area contributed by atoms with Gasteiger partial charge in [-0.3, -0.25) is 9.59 Å². The molecule has 0 fully saturated rings. The first kappa shape index (κ1) is 16.1. The molecule has 0 unspecified atom stereocenters. The molecule has 2 rings (SSSR count). The van der Waals surface area contributed by atoms with Gasteiger partial charge in [0, 0.05) is 36.6 Å². The number of hydrogen-bond acceptors (Lipinski definition) is 2. The van der Waals surface area contributed by atoms with Crippen molar-refractivity contribution in [3.8, 4) is 0 Å². The molecule has 22 heavy (non-hydrogen) atoms. The van der Waals surface area contributed by atoms with Gasteiger partial charge in [0.15, 0.2) is 0 Å². The molecule has 5 heteroatoms. The van der Waals surface area contributed by atoms with Gasteiger partial charge in [0.2, 0.25) is 0 Å². The van der Waals surface area contributed by atoms with Gasteiger partial charge in [-0.2, -0.15) is 0 Å². The van der Waals surface area contributed by atoms with Gasteiger partial charge in [-0.05, 0) is 25.8 Å². The van der Waals surface area contributed by atoms with E-state index >= 15 is 0 Å². The van der Waals surface area contributed by atoms with Crippen molar-refractivity contribution in [3.05, 3.63) is 36.0 Å². The van der Waals surface area contributed by atoms with Crippen molar-refractivity contribution in [2.24, 2.45) is 0 Å². The van der Waals surface area contributed by atoms with Crippen LogP contribution in [0.4, 0.5) is 0 Å². The zero-order valence-corrected chi connectivity index (χ0v) is 12.8. The molecule has 0 saturated carbocycles. The summed E-state index contributed by atoms with van der Waals surface area (Å²) in [6.45, 7) is 3.45. The first-order chi connectivity index (χ1) is 10.6. The van der Waals surface area contributed by atoms with Gasteiger partial charge in [0.25, 0.3) is 5.91 Å². The number of fused-ring (bicyclic) bond motifs is 1. The van der Waals surface area contributed by atoms with E-state index in [4.69, 9.17) is 5.11 Å². The quantitative estimate of drug-likeness (QED) is 0.736. The molecule has 1 aromatic heterocycles. The molecule has 0 aliphatic rings. The largest absolute Gasteiger partial charge is 0.481 e. The van der Waals surface area contributed by atoms with Crippen molar-refractivity contribution in [2.75, 3.05) is 6.54 Å². The average Bonchev–Trinajstić information content (AvgIpc) is 2.89. The molecule has 118 valence electrons. The van der Waals surface area contributed by atoms with E-state index in [1.165, 1.54) is 0 Å². The number of rotatable bonds is 8. The second-order valence-corrected chi connectivity index (χ2v) is 5.31. The number of hydrogen-bond donors (Lipinski definition) is 2. The van der Waals surface area contributed by atoms with Crippen LogP contribution in [0.25, 0.3) is 10.9 Å². The Morgan fingerprint density at radius 2 is 1.95 bits per heavy atom. The number of para-hydroxylation sites is 1. The Hall–Kier alpha value is -2.30. The van der Waals surface area contributed by atoms with Crippen molar-refractivity contribution >= 4 is 22.8 Å². The Morgan fingerprint density at radius 3 is 2.68 bits per heavy atom. The molecule has 0 radical (unpaired) electrons. The summed E-state index contributed by atoms with van der Waals surface area (Å²) in [5.74, 6) is -0.835. The third-order valence-electron chi connectivity index (χ3n) is 3.73. The maximum Gasteiger partial charge on any atom is 0.303 e. The van der Waals surface area contributed by atoms with E-state index in [9.17, 15) is 9.59 Å². The molecule has 5 nitrogen and oxygen atoms in total. The molecule has 1 heterocycles. The fourth-order valence-corrected chi connectivity index (χ4v) is 2.56. The SMILES string of the molecule is CCn1cc(C(=O)NCCCCCC(=O)O)c2ccccc21. The molecule has 0 aliphatic carbocycles. The van der Waals surface area contributed by atoms with Crippen molar-refractivity contribution in [3.63, 3.8) is 0 Å². The van der Waals surface area contributed by atoms with E-state index in [1.54, 1.807) is 0 Å². The van der Waals surface area contributed by atoms with Crippen LogP contribution in [0.15, 0.2) is 30.5 Å². The highest BCUT2D eigenvalue weighted by Crippen LogP contribution is 2.21. The van der Waals surface area contributed by atoms with Gasteiger partial charge < -0.3 is 15.0 Å². The molecule has 0 saturated heterocycles. The topological polar surface area (TPSA) is 71.3 Å². The standard InChI is InChI=1S/C17H22N2O3/c1-2-19-12-14(13-8-5-6-9-15(13)19)17(22)18-11-7-3-4-10-16(20)21/h5-6,8-9,12H,2-4,7,10-11H2,1H3,(H,18,22)(H,20,21). The van der Waals surface area contributed by atoms with Gasteiger partial charge in [0.05, 0.1) is 5.56 Å². The fraction of sp³-hybridized carbons (Fsp3) is 0.412. The minimum Gasteiger partial charge on any atom is -0.481 e. The molecule has 1 amide bonds. The maximum absolute atomic E-state index is 12.3. The number of aliphatic carboxylic acids is 1. The van der Waals surface area contributed by atoms with Crippen molar-refractivity contribution in [2.45, 2.75) is 39.2 Å². The Balaban J connectivity index is 1.92. The van der Waals surface area contributed by atoms with Crippen LogP contribution in [0.5, 0.6) is 0 Å². The van der Waals surface area contributed by atoms with E-state index < -0.39 is 5.97 Å². The third-order valence-corrected chi connectivity index (χ3v) is 3.73. The summed E-state index contributed by atoms with van der Waals surface area (Å²) in [4.78, 5) is 22.7. The average molecular weight is 302 g/mol. The summed E-state index contributed by atoms with van der Waals surface area (Å²) in [6.07, 6.45) is 4.34. The summed E-state index contributed by atoms with van der Waals surface area (Å²) >= 11 is 0. The Bertz CT molecular complexity index is 661. The van der Waals surface area contributed by atoms with Crippen LogP contribution < -0.4 is 5.32 Å². The second-order valence-electron chi connectivity index (χ2n) is 5.31. The molecule has 2 aromatic rings. The zero-order valence-electron chi connectivity index (χ0n) is 12.8. The van der Waals surface area contributed by atoms with E-state index in [0.29, 0.717) is 18.5 Å². The first-order valence-electron chi connectivity index (χ1n) is 7.71. The summed E-state index contributed by atoms with van der Waals surface area (Å²) < 4.78 is 2.07. The number of carbonyl (C=O) groups is 2. The molecule has 0 atom stereocenters. The summed E-state index contributed by atoms with van der Waals surface area (Å²) in [5, 5.41) is 12.4. The van der Waals surface area contributed by atoms with Crippen LogP contribution in [0.1, 0.15) is 43.0 Å². The van der Waals surface area contributed by atoms with Crippen LogP contribution in [-0.4, -0.2) is 28.1 Å². The zero-order chi connectivity index (χ0) is 15.9. The highest BCUT2D eigenvalue weighted by atomic mass is 16.4. The highest BCUT2D eigenvalue weighted by Gasteiger charge is 2.13. The number of benzene rings is 1. The van der Waals surface area contributed by atoms with Crippen molar-refractivity contribution in [1.29, 1.82) is 0 Å². The normalized spacial score (nSPS) is 10.8. The van der Waals surface area contributed by atoms with E-state index in [2.05, 4.69) is 16.8 Å². The number of carbonyl (C=O) groups excluding carboxylic acids is 1. The van der Waals surface area contributed by atoms with Crippen molar-refractivity contribution in [1.82, 2.24) is 9.88 Å². The summed E-state index contributed by atoms with van der Waals surface area (Å²) in [5.41, 5.74) is 1.76. The van der Waals surface area contributed by atoms with E-state index in [0.717, 1.165) is 30.3 Å². The lowest BCUT2D eigenvalue weighted by Gasteiger charge is -2.04. The van der Waals surface area contributed by atoms with Crippen LogP contribution >= 0.6 is 0 Å². The highest BCUT2D eigenvalue weighted by molar-refractivity contribution is 6.06. The number of aromatic nitrogens is 1. The lowest BCUT2D eigenvalue weighted by atomic mass is 10.1. The molecule has 0 bridgehead atoms. The van der Waals surface area contributed by atoms with Gasteiger partial charge in [-0.25, -0.2) is 0 Å².